The molecule has 234 valence electrons. The van der Waals surface area contributed by atoms with Gasteiger partial charge in [0.1, 0.15) is 6.54 Å². The number of guanidine groups is 1. The Morgan fingerprint density at radius 2 is 1.15 bits per heavy atom. The van der Waals surface area contributed by atoms with Crippen LogP contribution in [0.15, 0.2) is 4.76 Å². The van der Waals surface area contributed by atoms with Gasteiger partial charge >= 0.3 is 26.0 Å². The van der Waals surface area contributed by atoms with Gasteiger partial charge in [-0.05, 0) is 52.4 Å². The molecular weight excluding hydrogens is 549 g/mol. The van der Waals surface area contributed by atoms with Crippen LogP contribution in [-0.2, 0) is 42.1 Å². The lowest BCUT2D eigenvalue weighted by Gasteiger charge is -2.20. The number of likely N-dealkylation sites (N-methyl/N-ethyl adjacent to an activating group) is 1. The maximum Gasteiger partial charge on any atom is 0.508 e. The predicted octanol–water partition coefficient (Wildman–Crippen LogP) is 4.79. The summed E-state index contributed by atoms with van der Waals surface area (Å²) in [5, 5.41) is 0. The van der Waals surface area contributed by atoms with Crippen molar-refractivity contribution in [3.63, 3.8) is 0 Å². The first-order valence-corrected chi connectivity index (χ1v) is 15.3. The smallest absolute Gasteiger partial charge is 0.462 e. The fraction of sp³-hybridized carbons (Fsp3) is 0.840. The monoisotopic (exact) mass is 597 g/mol. The molecule has 0 aromatic rings. The van der Waals surface area contributed by atoms with Crippen molar-refractivity contribution >= 4 is 32.0 Å². The second-order valence-corrected chi connectivity index (χ2v) is 10.7. The van der Waals surface area contributed by atoms with Gasteiger partial charge in [-0.3, -0.25) is 13.8 Å². The number of unbranched alkanes of at least 4 members (excludes halogenated alkanes) is 4. The molecule has 0 bridgehead atoms. The van der Waals surface area contributed by atoms with Crippen LogP contribution >= 0.6 is 7.75 Å². The van der Waals surface area contributed by atoms with E-state index in [-0.39, 0.29) is 45.0 Å². The van der Waals surface area contributed by atoms with E-state index in [9.17, 15) is 18.9 Å². The van der Waals surface area contributed by atoms with Crippen molar-refractivity contribution in [2.75, 3.05) is 53.2 Å². The number of rotatable bonds is 22. The summed E-state index contributed by atoms with van der Waals surface area (Å²) in [6.07, 6.45) is 3.16. The molecule has 0 aliphatic carbocycles. The van der Waals surface area contributed by atoms with E-state index in [0.717, 1.165) is 25.7 Å². The Morgan fingerprint density at radius 3 is 1.55 bits per heavy atom. The quantitative estimate of drug-likeness (QED) is 0.0451. The largest absolute Gasteiger partial charge is 0.508 e. The number of carbonyl (C=O) groups is 3. The summed E-state index contributed by atoms with van der Waals surface area (Å²) in [5.41, 5.74) is 5.95. The second kappa shape index (κ2) is 23.2. The molecule has 0 unspecified atom stereocenters. The summed E-state index contributed by atoms with van der Waals surface area (Å²) in [6.45, 7) is 7.95. The molecule has 0 aliphatic heterocycles. The Balaban J connectivity index is 4.78. The third-order valence-electron chi connectivity index (χ3n) is 4.81. The number of hydrogen-bond acceptors (Lipinski definition) is 11. The summed E-state index contributed by atoms with van der Waals surface area (Å²) in [4.78, 5) is 36.1. The van der Waals surface area contributed by atoms with E-state index in [2.05, 4.69) is 4.76 Å². The first kappa shape index (κ1) is 37.4. The van der Waals surface area contributed by atoms with E-state index in [1.165, 1.54) is 11.9 Å². The molecule has 0 saturated carbocycles. The van der Waals surface area contributed by atoms with Crippen LogP contribution in [-0.4, -0.2) is 88.5 Å². The number of ether oxygens (including phenoxy) is 5. The van der Waals surface area contributed by atoms with Gasteiger partial charge in [0.2, 0.25) is 5.96 Å². The molecule has 15 heteroatoms. The number of nitrogens with zero attached hydrogens (tertiary/aromatic N) is 2. The average molecular weight is 598 g/mol. The van der Waals surface area contributed by atoms with Gasteiger partial charge < -0.3 is 34.3 Å². The topological polar surface area (TPSA) is 175 Å². The predicted molar refractivity (Wildman–Crippen MR) is 148 cm³/mol. The van der Waals surface area contributed by atoms with Gasteiger partial charge in [-0.2, -0.15) is 0 Å². The van der Waals surface area contributed by atoms with Crippen LogP contribution in [0.4, 0.5) is 9.59 Å². The van der Waals surface area contributed by atoms with Gasteiger partial charge in [0, 0.05) is 7.05 Å². The maximum atomic E-state index is 13.3. The fourth-order valence-corrected chi connectivity index (χ4v) is 3.95. The summed E-state index contributed by atoms with van der Waals surface area (Å²) >= 11 is 0. The molecule has 0 aromatic heterocycles. The second-order valence-electron chi connectivity index (χ2n) is 9.00. The van der Waals surface area contributed by atoms with Gasteiger partial charge in [-0.15, -0.1) is 4.76 Å². The maximum absolute atomic E-state index is 13.3. The van der Waals surface area contributed by atoms with Crippen LogP contribution in [0.25, 0.3) is 0 Å². The molecule has 0 aromatic carbocycles. The number of hydrogen-bond donors (Lipinski definition) is 1. The Morgan fingerprint density at radius 1 is 0.750 bits per heavy atom. The van der Waals surface area contributed by atoms with E-state index >= 15 is 0 Å². The van der Waals surface area contributed by atoms with E-state index in [1.54, 1.807) is 13.8 Å². The number of esters is 1. The summed E-state index contributed by atoms with van der Waals surface area (Å²) < 4.78 is 53.0. The Bertz CT molecular complexity index is 758. The highest BCUT2D eigenvalue weighted by molar-refractivity contribution is 7.52. The van der Waals surface area contributed by atoms with E-state index < -0.39 is 26.0 Å². The lowest BCUT2D eigenvalue weighted by molar-refractivity contribution is -0.147. The highest BCUT2D eigenvalue weighted by Crippen LogP contribution is 2.50. The van der Waals surface area contributed by atoms with E-state index in [4.69, 9.17) is 38.5 Å². The van der Waals surface area contributed by atoms with Crippen LogP contribution in [0.3, 0.4) is 0 Å². The van der Waals surface area contributed by atoms with Gasteiger partial charge in [0.15, 0.2) is 0 Å². The minimum absolute atomic E-state index is 0.0197. The lowest BCUT2D eigenvalue weighted by Crippen LogP contribution is -2.38. The van der Waals surface area contributed by atoms with Crippen molar-refractivity contribution < 1.29 is 51.7 Å². The van der Waals surface area contributed by atoms with Crippen LogP contribution in [0, 0.1) is 0 Å². The summed E-state index contributed by atoms with van der Waals surface area (Å²) in [5.74, 6) is -0.769. The van der Waals surface area contributed by atoms with Crippen molar-refractivity contribution in [3.05, 3.63) is 0 Å². The van der Waals surface area contributed by atoms with Gasteiger partial charge in [-0.25, -0.2) is 14.2 Å². The molecule has 0 aliphatic rings. The normalized spacial score (nSPS) is 11.7. The third-order valence-corrected chi connectivity index (χ3v) is 6.28. The first-order chi connectivity index (χ1) is 19.0. The fourth-order valence-electron chi connectivity index (χ4n) is 2.63. The molecule has 2 N–H and O–H groups in total. The lowest BCUT2D eigenvalue weighted by atomic mass is 10.3. The zero-order valence-corrected chi connectivity index (χ0v) is 25.5. The molecule has 0 fully saturated rings. The molecule has 0 heterocycles. The third kappa shape index (κ3) is 21.3. The van der Waals surface area contributed by atoms with Crippen LogP contribution in [0.5, 0.6) is 0 Å². The standard InChI is InChI=1S/C25H48N3O11P/c1-6-8-14-33-24(30)35-16-10-12-18-37-40(32,27-23(26)28(5)20-22(29)39-21(3)4)38-19-13-11-17-36-25(31)34-15-9-7-2/h21H,6-20H2,1-5H3,(H2,26,27,32). The van der Waals surface area contributed by atoms with E-state index in [1.807, 2.05) is 13.8 Å². The van der Waals surface area contributed by atoms with Crippen molar-refractivity contribution in [1.29, 1.82) is 0 Å². The molecule has 0 saturated heterocycles. The van der Waals surface area contributed by atoms with Gasteiger partial charge in [0.25, 0.3) is 0 Å². The Labute approximate surface area is 237 Å². The van der Waals surface area contributed by atoms with Gasteiger partial charge in [-0.1, -0.05) is 26.7 Å². The number of nitrogens with two attached hydrogens (primary N) is 1. The van der Waals surface area contributed by atoms with Crippen molar-refractivity contribution in [2.45, 2.75) is 85.2 Å². The minimum atomic E-state index is -4.07. The first-order valence-electron chi connectivity index (χ1n) is 13.8. The molecule has 40 heavy (non-hydrogen) atoms. The summed E-state index contributed by atoms with van der Waals surface area (Å²) in [6, 6.07) is 0. The zero-order chi connectivity index (χ0) is 30.2. The summed E-state index contributed by atoms with van der Waals surface area (Å²) in [7, 11) is -2.58. The molecule has 0 radical (unpaired) electrons. The molecule has 0 rings (SSSR count). The Hall–Kier alpha value is -2.57. The van der Waals surface area contributed by atoms with Crippen LogP contribution in [0.1, 0.15) is 79.1 Å². The Kier molecular flexibility index (Phi) is 21.7. The number of carbonyl (C=O) groups excluding carboxylic acids is 3. The van der Waals surface area contributed by atoms with Crippen molar-refractivity contribution in [2.24, 2.45) is 10.5 Å². The molecule has 14 nitrogen and oxygen atoms in total. The van der Waals surface area contributed by atoms with Gasteiger partial charge in [0.05, 0.1) is 45.7 Å². The van der Waals surface area contributed by atoms with E-state index in [0.29, 0.717) is 38.9 Å². The molecule has 0 amide bonds. The van der Waals surface area contributed by atoms with Crippen molar-refractivity contribution in [3.8, 4) is 0 Å². The highest BCUT2D eigenvalue weighted by atomic mass is 31.2. The molecule has 0 atom stereocenters. The highest BCUT2D eigenvalue weighted by Gasteiger charge is 2.26. The minimum Gasteiger partial charge on any atom is -0.462 e. The SMILES string of the molecule is CCCCOC(=O)OCCCCOP(=O)(/N=C(\N)N(C)CC(=O)OC(C)C)OCCCCOC(=O)OCCCC. The molecule has 0 spiro atoms. The van der Waals surface area contributed by atoms with Crippen LogP contribution < -0.4 is 5.73 Å². The van der Waals surface area contributed by atoms with Crippen molar-refractivity contribution in [1.82, 2.24) is 4.90 Å². The van der Waals surface area contributed by atoms with Crippen LogP contribution in [0.2, 0.25) is 0 Å². The average Bonchev–Trinajstić information content (AvgIpc) is 2.88. The molecular formula is C25H48N3O11P. The zero-order valence-electron chi connectivity index (χ0n) is 24.6.